The summed E-state index contributed by atoms with van der Waals surface area (Å²) in [5.74, 6) is 2.95. The van der Waals surface area contributed by atoms with E-state index in [2.05, 4.69) is 32.5 Å². The molecule has 0 aliphatic heterocycles. The molecule has 24 heavy (non-hydrogen) atoms. The van der Waals surface area contributed by atoms with Gasteiger partial charge in [0.2, 0.25) is 5.88 Å². The Morgan fingerprint density at radius 1 is 1.21 bits per heavy atom. The zero-order chi connectivity index (χ0) is 16.4. The van der Waals surface area contributed by atoms with Crippen LogP contribution in [0.2, 0.25) is 0 Å². The Morgan fingerprint density at radius 3 is 2.88 bits per heavy atom. The van der Waals surface area contributed by atoms with Crippen molar-refractivity contribution in [3.8, 4) is 5.88 Å². The lowest BCUT2D eigenvalue weighted by Gasteiger charge is -2.07. The van der Waals surface area contributed by atoms with Crippen LogP contribution in [0.25, 0.3) is 5.65 Å². The average Bonchev–Trinajstić information content (AvgIpc) is 3.38. The molecule has 7 nitrogen and oxygen atoms in total. The van der Waals surface area contributed by atoms with Crippen molar-refractivity contribution in [3.05, 3.63) is 41.9 Å². The number of hydrogen-bond acceptors (Lipinski definition) is 6. The lowest BCUT2D eigenvalue weighted by Crippen LogP contribution is -2.06. The van der Waals surface area contributed by atoms with Gasteiger partial charge in [-0.2, -0.15) is 4.52 Å². The predicted molar refractivity (Wildman–Crippen MR) is 90.1 cm³/mol. The Morgan fingerprint density at radius 2 is 2.12 bits per heavy atom. The molecular formula is C17H20N6O. The summed E-state index contributed by atoms with van der Waals surface area (Å²) in [7, 11) is 0. The van der Waals surface area contributed by atoms with Crippen molar-refractivity contribution in [2.24, 2.45) is 0 Å². The van der Waals surface area contributed by atoms with Crippen molar-refractivity contribution in [3.63, 3.8) is 0 Å². The van der Waals surface area contributed by atoms with Crippen LogP contribution >= 0.6 is 0 Å². The SMILES string of the molecule is CCCOc1ccc(CNc2ccc3nnc(C4CC4)n3n2)cn1. The van der Waals surface area contributed by atoms with E-state index in [9.17, 15) is 0 Å². The highest BCUT2D eigenvalue weighted by Gasteiger charge is 2.29. The van der Waals surface area contributed by atoms with Gasteiger partial charge >= 0.3 is 0 Å². The second-order valence-electron chi connectivity index (χ2n) is 6.03. The first-order valence-electron chi connectivity index (χ1n) is 8.37. The molecule has 4 rings (SSSR count). The zero-order valence-electron chi connectivity index (χ0n) is 13.6. The van der Waals surface area contributed by atoms with Crippen LogP contribution in [-0.4, -0.2) is 31.4 Å². The summed E-state index contributed by atoms with van der Waals surface area (Å²) >= 11 is 0. The van der Waals surface area contributed by atoms with Gasteiger partial charge in [-0.1, -0.05) is 13.0 Å². The van der Waals surface area contributed by atoms with Crippen LogP contribution < -0.4 is 10.1 Å². The van der Waals surface area contributed by atoms with Gasteiger partial charge in [0.05, 0.1) is 6.61 Å². The van der Waals surface area contributed by atoms with Crippen LogP contribution in [0.4, 0.5) is 5.82 Å². The van der Waals surface area contributed by atoms with E-state index < -0.39 is 0 Å². The van der Waals surface area contributed by atoms with E-state index >= 15 is 0 Å². The van der Waals surface area contributed by atoms with Gasteiger partial charge in [-0.25, -0.2) is 4.98 Å². The van der Waals surface area contributed by atoms with E-state index in [4.69, 9.17) is 4.74 Å². The smallest absolute Gasteiger partial charge is 0.213 e. The fourth-order valence-corrected chi connectivity index (χ4v) is 2.50. The molecule has 3 aromatic rings. The van der Waals surface area contributed by atoms with Gasteiger partial charge in [0.25, 0.3) is 0 Å². The molecule has 0 atom stereocenters. The minimum atomic E-state index is 0.516. The van der Waals surface area contributed by atoms with Crippen molar-refractivity contribution in [1.82, 2.24) is 24.8 Å². The average molecular weight is 324 g/mol. The molecule has 0 radical (unpaired) electrons. The molecule has 1 saturated carbocycles. The van der Waals surface area contributed by atoms with E-state index in [0.29, 0.717) is 24.9 Å². The second kappa shape index (κ2) is 6.43. The first-order valence-corrected chi connectivity index (χ1v) is 8.37. The van der Waals surface area contributed by atoms with Crippen LogP contribution in [0.15, 0.2) is 30.5 Å². The Hall–Kier alpha value is -2.70. The Bertz CT molecular complexity index is 825. The fraction of sp³-hybridized carbons (Fsp3) is 0.412. The molecule has 0 bridgehead atoms. The third kappa shape index (κ3) is 3.15. The molecule has 0 amide bonds. The summed E-state index contributed by atoms with van der Waals surface area (Å²) in [6, 6.07) is 7.77. The van der Waals surface area contributed by atoms with Gasteiger partial charge < -0.3 is 10.1 Å². The molecule has 1 aliphatic carbocycles. The van der Waals surface area contributed by atoms with Gasteiger partial charge in [0.15, 0.2) is 11.5 Å². The maximum atomic E-state index is 5.49. The topological polar surface area (TPSA) is 77.2 Å². The molecule has 124 valence electrons. The van der Waals surface area contributed by atoms with Gasteiger partial charge in [-0.05, 0) is 37.0 Å². The van der Waals surface area contributed by atoms with Crippen molar-refractivity contribution in [1.29, 1.82) is 0 Å². The minimum Gasteiger partial charge on any atom is -0.478 e. The van der Waals surface area contributed by atoms with Crippen molar-refractivity contribution >= 4 is 11.5 Å². The van der Waals surface area contributed by atoms with Gasteiger partial charge in [0, 0.05) is 24.7 Å². The maximum absolute atomic E-state index is 5.49. The van der Waals surface area contributed by atoms with E-state index in [1.54, 1.807) is 0 Å². The molecule has 0 aromatic carbocycles. The number of aromatic nitrogens is 5. The molecule has 1 aliphatic rings. The normalized spacial score (nSPS) is 14.0. The van der Waals surface area contributed by atoms with Gasteiger partial charge in [-0.15, -0.1) is 15.3 Å². The molecule has 7 heteroatoms. The quantitative estimate of drug-likeness (QED) is 0.720. The van der Waals surface area contributed by atoms with Crippen LogP contribution in [0, 0.1) is 0 Å². The molecule has 1 N–H and O–H groups in total. The third-order valence-electron chi connectivity index (χ3n) is 3.95. The highest BCUT2D eigenvalue weighted by Crippen LogP contribution is 2.38. The molecule has 3 heterocycles. The Balaban J connectivity index is 1.43. The number of nitrogens with one attached hydrogen (secondary N) is 1. The molecular weight excluding hydrogens is 304 g/mol. The first-order chi connectivity index (χ1) is 11.8. The van der Waals surface area contributed by atoms with E-state index in [1.807, 2.05) is 35.0 Å². The lowest BCUT2D eigenvalue weighted by atomic mass is 10.3. The van der Waals surface area contributed by atoms with E-state index in [0.717, 1.165) is 29.3 Å². The summed E-state index contributed by atoms with van der Waals surface area (Å²) in [4.78, 5) is 4.31. The molecule has 3 aromatic heterocycles. The van der Waals surface area contributed by atoms with Crippen LogP contribution in [0.5, 0.6) is 5.88 Å². The van der Waals surface area contributed by atoms with E-state index in [-0.39, 0.29) is 0 Å². The number of ether oxygens (including phenoxy) is 1. The molecule has 0 unspecified atom stereocenters. The fourth-order valence-electron chi connectivity index (χ4n) is 2.50. The number of anilines is 1. The zero-order valence-corrected chi connectivity index (χ0v) is 13.6. The van der Waals surface area contributed by atoms with Crippen LogP contribution in [-0.2, 0) is 6.54 Å². The highest BCUT2D eigenvalue weighted by atomic mass is 16.5. The van der Waals surface area contributed by atoms with Crippen LogP contribution in [0.1, 0.15) is 43.5 Å². The summed E-state index contributed by atoms with van der Waals surface area (Å²) in [5, 5.41) is 16.4. The third-order valence-corrected chi connectivity index (χ3v) is 3.95. The number of fused-ring (bicyclic) bond motifs is 1. The Kier molecular flexibility index (Phi) is 3.98. The largest absolute Gasteiger partial charge is 0.478 e. The monoisotopic (exact) mass is 324 g/mol. The number of hydrogen-bond donors (Lipinski definition) is 1. The maximum Gasteiger partial charge on any atom is 0.213 e. The predicted octanol–water partition coefficient (Wildman–Crippen LogP) is 2.80. The second-order valence-corrected chi connectivity index (χ2v) is 6.03. The number of rotatable bonds is 7. The summed E-state index contributed by atoms with van der Waals surface area (Å²) < 4.78 is 7.34. The molecule has 0 saturated heterocycles. The van der Waals surface area contributed by atoms with Crippen LogP contribution in [0.3, 0.4) is 0 Å². The summed E-state index contributed by atoms with van der Waals surface area (Å²) in [6.07, 6.45) is 5.16. The number of pyridine rings is 1. The summed E-state index contributed by atoms with van der Waals surface area (Å²) in [6.45, 7) is 3.42. The van der Waals surface area contributed by atoms with E-state index in [1.165, 1.54) is 12.8 Å². The summed E-state index contributed by atoms with van der Waals surface area (Å²) in [5.41, 5.74) is 1.87. The number of nitrogens with zero attached hydrogens (tertiary/aromatic N) is 5. The molecule has 0 spiro atoms. The minimum absolute atomic E-state index is 0.516. The van der Waals surface area contributed by atoms with Crippen molar-refractivity contribution < 1.29 is 4.74 Å². The first kappa shape index (κ1) is 14.9. The standard InChI is InChI=1S/C17H20N6O/c1-2-9-24-16-8-3-12(11-19-16)10-18-14-6-7-15-20-21-17(13-4-5-13)23(15)22-14/h3,6-8,11,13H,2,4-5,9-10H2,1H3,(H,18,22). The van der Waals surface area contributed by atoms with Gasteiger partial charge in [0.1, 0.15) is 5.82 Å². The van der Waals surface area contributed by atoms with Gasteiger partial charge in [-0.3, -0.25) is 0 Å². The van der Waals surface area contributed by atoms with Crippen molar-refractivity contribution in [2.45, 2.75) is 38.6 Å². The lowest BCUT2D eigenvalue weighted by molar-refractivity contribution is 0.305. The van der Waals surface area contributed by atoms with Crippen molar-refractivity contribution in [2.75, 3.05) is 11.9 Å². The highest BCUT2D eigenvalue weighted by molar-refractivity contribution is 5.44. The molecule has 1 fully saturated rings. The Labute approximate surface area is 140 Å².